The maximum atomic E-state index is 13.3. The van der Waals surface area contributed by atoms with E-state index >= 15 is 0 Å². The molecule has 7 nitrogen and oxygen atoms in total. The number of hydrogen-bond acceptors (Lipinski definition) is 7. The SMILES string of the molecule is CN(CCc1ccccn1)[C@H]1CCCN(S(=O)(=O)c2cccc3nsnc23)C1. The smallest absolute Gasteiger partial charge is 0.245 e. The maximum Gasteiger partial charge on any atom is 0.245 e. The lowest BCUT2D eigenvalue weighted by Crippen LogP contribution is -2.49. The minimum Gasteiger partial charge on any atom is -0.302 e. The van der Waals surface area contributed by atoms with Crippen LogP contribution in [0.25, 0.3) is 11.0 Å². The fraction of sp³-hybridized carbons (Fsp3) is 0.421. The van der Waals surface area contributed by atoms with Crippen molar-refractivity contribution in [1.82, 2.24) is 22.9 Å². The van der Waals surface area contributed by atoms with E-state index in [-0.39, 0.29) is 10.9 Å². The van der Waals surface area contributed by atoms with E-state index in [2.05, 4.69) is 25.7 Å². The number of likely N-dealkylation sites (N-methyl/N-ethyl adjacent to an activating group) is 1. The Morgan fingerprint density at radius 3 is 2.93 bits per heavy atom. The van der Waals surface area contributed by atoms with Crippen molar-refractivity contribution in [3.05, 3.63) is 48.3 Å². The molecule has 3 heterocycles. The first-order valence-corrected chi connectivity index (χ1v) is 11.5. The average Bonchev–Trinajstić information content (AvgIpc) is 3.21. The van der Waals surface area contributed by atoms with Crippen LogP contribution in [0, 0.1) is 0 Å². The Hall–Kier alpha value is -1.94. The van der Waals surface area contributed by atoms with E-state index < -0.39 is 10.0 Å². The second-order valence-corrected chi connectivity index (χ2v) is 9.53. The zero-order valence-corrected chi connectivity index (χ0v) is 17.4. The monoisotopic (exact) mass is 417 g/mol. The summed E-state index contributed by atoms with van der Waals surface area (Å²) in [6.07, 6.45) is 4.50. The van der Waals surface area contributed by atoms with Crippen molar-refractivity contribution < 1.29 is 8.42 Å². The predicted molar refractivity (Wildman–Crippen MR) is 110 cm³/mol. The second kappa shape index (κ2) is 8.20. The molecule has 1 fully saturated rings. The van der Waals surface area contributed by atoms with Gasteiger partial charge in [0.25, 0.3) is 0 Å². The van der Waals surface area contributed by atoms with E-state index in [1.165, 1.54) is 0 Å². The van der Waals surface area contributed by atoms with Gasteiger partial charge < -0.3 is 4.90 Å². The van der Waals surface area contributed by atoms with Crippen LogP contribution in [0.4, 0.5) is 0 Å². The maximum absolute atomic E-state index is 13.3. The molecule has 1 aromatic carbocycles. The Labute approximate surface area is 169 Å². The number of benzene rings is 1. The quantitative estimate of drug-likeness (QED) is 0.613. The first-order chi connectivity index (χ1) is 13.6. The lowest BCUT2D eigenvalue weighted by molar-refractivity contribution is 0.164. The topological polar surface area (TPSA) is 79.3 Å². The van der Waals surface area contributed by atoms with Crippen LogP contribution >= 0.6 is 11.7 Å². The molecular weight excluding hydrogens is 394 g/mol. The summed E-state index contributed by atoms with van der Waals surface area (Å²) in [5.74, 6) is 0. The number of hydrogen-bond donors (Lipinski definition) is 0. The molecule has 0 N–H and O–H groups in total. The molecule has 4 rings (SSSR count). The molecule has 28 heavy (non-hydrogen) atoms. The van der Waals surface area contributed by atoms with Crippen LogP contribution in [-0.2, 0) is 16.4 Å². The third-order valence-corrected chi connectivity index (χ3v) is 7.74. The van der Waals surface area contributed by atoms with Crippen molar-refractivity contribution in [3.63, 3.8) is 0 Å². The van der Waals surface area contributed by atoms with Crippen LogP contribution in [0.2, 0.25) is 0 Å². The third kappa shape index (κ3) is 3.93. The highest BCUT2D eigenvalue weighted by molar-refractivity contribution is 7.89. The van der Waals surface area contributed by atoms with Crippen molar-refractivity contribution in [2.24, 2.45) is 0 Å². The van der Waals surface area contributed by atoms with E-state index in [0.29, 0.717) is 24.1 Å². The van der Waals surface area contributed by atoms with Gasteiger partial charge >= 0.3 is 0 Å². The number of rotatable bonds is 6. The number of nitrogens with zero attached hydrogens (tertiary/aromatic N) is 5. The van der Waals surface area contributed by atoms with Crippen molar-refractivity contribution in [2.75, 3.05) is 26.7 Å². The Balaban J connectivity index is 1.47. The highest BCUT2D eigenvalue weighted by Crippen LogP contribution is 2.27. The highest BCUT2D eigenvalue weighted by Gasteiger charge is 2.33. The minimum absolute atomic E-state index is 0.194. The molecule has 0 spiro atoms. The number of sulfonamides is 1. The second-order valence-electron chi connectivity index (χ2n) is 7.10. The summed E-state index contributed by atoms with van der Waals surface area (Å²) in [4.78, 5) is 6.88. The highest BCUT2D eigenvalue weighted by atomic mass is 32.2. The molecule has 0 saturated carbocycles. The molecule has 1 aliphatic heterocycles. The Morgan fingerprint density at radius 1 is 1.21 bits per heavy atom. The fourth-order valence-electron chi connectivity index (χ4n) is 3.65. The molecule has 0 amide bonds. The summed E-state index contributed by atoms with van der Waals surface area (Å²) in [5, 5.41) is 0. The molecule has 1 atom stereocenters. The molecule has 148 valence electrons. The lowest BCUT2D eigenvalue weighted by atomic mass is 10.1. The summed E-state index contributed by atoms with van der Waals surface area (Å²) in [6, 6.07) is 11.3. The summed E-state index contributed by atoms with van der Waals surface area (Å²) < 4.78 is 36.5. The van der Waals surface area contributed by atoms with E-state index in [0.717, 1.165) is 43.2 Å². The standard InChI is InChI=1S/C19H23N5O2S2/c1-23(13-10-15-6-2-3-11-20-15)16-7-5-12-24(14-16)28(25,26)18-9-4-8-17-19(18)22-27-21-17/h2-4,6,8-9,11,16H,5,7,10,12-14H2,1H3/t16-/m0/s1. The van der Waals surface area contributed by atoms with Gasteiger partial charge in [-0.3, -0.25) is 4.98 Å². The van der Waals surface area contributed by atoms with Gasteiger partial charge in [0.15, 0.2) is 0 Å². The average molecular weight is 418 g/mol. The van der Waals surface area contributed by atoms with Crippen molar-refractivity contribution in [1.29, 1.82) is 0 Å². The molecule has 9 heteroatoms. The summed E-state index contributed by atoms with van der Waals surface area (Å²) in [6.45, 7) is 1.89. The van der Waals surface area contributed by atoms with Gasteiger partial charge in [-0.1, -0.05) is 12.1 Å². The fourth-order valence-corrected chi connectivity index (χ4v) is 5.92. The van der Waals surface area contributed by atoms with Gasteiger partial charge in [-0.2, -0.15) is 13.1 Å². The zero-order chi connectivity index (χ0) is 19.6. The number of pyridine rings is 1. The van der Waals surface area contributed by atoms with E-state index in [1.54, 1.807) is 28.7 Å². The van der Waals surface area contributed by atoms with Gasteiger partial charge in [0.2, 0.25) is 10.0 Å². The van der Waals surface area contributed by atoms with E-state index in [9.17, 15) is 8.42 Å². The lowest BCUT2D eigenvalue weighted by Gasteiger charge is -2.37. The van der Waals surface area contributed by atoms with Crippen molar-refractivity contribution in [2.45, 2.75) is 30.2 Å². The largest absolute Gasteiger partial charge is 0.302 e. The third-order valence-electron chi connectivity index (χ3n) is 5.30. The predicted octanol–water partition coefficient (Wildman–Crippen LogP) is 2.41. The Bertz CT molecular complexity index is 1040. The van der Waals surface area contributed by atoms with Crippen LogP contribution in [0.3, 0.4) is 0 Å². The minimum atomic E-state index is -3.59. The molecule has 3 aromatic rings. The molecule has 2 aromatic heterocycles. The van der Waals surface area contributed by atoms with Crippen LogP contribution < -0.4 is 0 Å². The molecule has 0 bridgehead atoms. The molecule has 1 aliphatic rings. The van der Waals surface area contributed by atoms with Crippen LogP contribution in [-0.4, -0.2) is 64.1 Å². The van der Waals surface area contributed by atoms with Gasteiger partial charge in [0.1, 0.15) is 15.9 Å². The van der Waals surface area contributed by atoms with Gasteiger partial charge in [0.05, 0.1) is 11.7 Å². The van der Waals surface area contributed by atoms with E-state index in [1.807, 2.05) is 18.2 Å². The molecular formula is C19H23N5O2S2. The number of piperidine rings is 1. The molecule has 0 unspecified atom stereocenters. The van der Waals surface area contributed by atoms with Crippen LogP contribution in [0.15, 0.2) is 47.5 Å². The van der Waals surface area contributed by atoms with Crippen LogP contribution in [0.5, 0.6) is 0 Å². The number of fused-ring (bicyclic) bond motifs is 1. The van der Waals surface area contributed by atoms with Crippen molar-refractivity contribution >= 4 is 32.8 Å². The van der Waals surface area contributed by atoms with E-state index in [4.69, 9.17) is 0 Å². The Kier molecular flexibility index (Phi) is 5.68. The number of aromatic nitrogens is 3. The van der Waals surface area contributed by atoms with Gasteiger partial charge in [-0.25, -0.2) is 8.42 Å². The first-order valence-electron chi connectivity index (χ1n) is 9.37. The van der Waals surface area contributed by atoms with Crippen LogP contribution in [0.1, 0.15) is 18.5 Å². The molecule has 1 saturated heterocycles. The zero-order valence-electron chi connectivity index (χ0n) is 15.7. The van der Waals surface area contributed by atoms with Gasteiger partial charge in [-0.05, 0) is 44.2 Å². The molecule has 0 radical (unpaired) electrons. The summed E-state index contributed by atoms with van der Waals surface area (Å²) >= 11 is 1.04. The first kappa shape index (κ1) is 19.4. The molecule has 0 aliphatic carbocycles. The Morgan fingerprint density at radius 2 is 2.11 bits per heavy atom. The van der Waals surface area contributed by atoms with Gasteiger partial charge in [0, 0.05) is 44.0 Å². The van der Waals surface area contributed by atoms with Gasteiger partial charge in [-0.15, -0.1) is 0 Å². The summed E-state index contributed by atoms with van der Waals surface area (Å²) in [5.41, 5.74) is 2.16. The van der Waals surface area contributed by atoms with Crippen molar-refractivity contribution in [3.8, 4) is 0 Å². The normalized spacial score (nSPS) is 18.7. The summed E-state index contributed by atoms with van der Waals surface area (Å²) in [7, 11) is -1.53.